The van der Waals surface area contributed by atoms with Crippen LogP contribution in [0.3, 0.4) is 0 Å². The van der Waals surface area contributed by atoms with Gasteiger partial charge in [0, 0.05) is 18.9 Å². The number of thiophene rings is 1. The summed E-state index contributed by atoms with van der Waals surface area (Å²) >= 11 is 1.06. The second-order valence-electron chi connectivity index (χ2n) is 4.88. The Bertz CT molecular complexity index is 540. The molecule has 1 heterocycles. The Hall–Kier alpha value is -1.89. The second kappa shape index (κ2) is 6.04. The highest BCUT2D eigenvalue weighted by Gasteiger charge is 2.38. The van der Waals surface area contributed by atoms with Crippen LogP contribution in [0.15, 0.2) is 11.4 Å². The maximum absolute atomic E-state index is 11.7. The maximum Gasteiger partial charge on any atom is 0.348 e. The summed E-state index contributed by atoms with van der Waals surface area (Å²) in [5, 5.41) is 15.8. The summed E-state index contributed by atoms with van der Waals surface area (Å²) in [5.74, 6) is -0.852. The van der Waals surface area contributed by atoms with Crippen molar-refractivity contribution in [3.63, 3.8) is 0 Å². The van der Waals surface area contributed by atoms with E-state index in [9.17, 15) is 14.4 Å². The van der Waals surface area contributed by atoms with Crippen LogP contribution in [0.25, 0.3) is 0 Å². The first-order chi connectivity index (χ1) is 9.49. The molecule has 0 aliphatic heterocycles. The summed E-state index contributed by atoms with van der Waals surface area (Å²) in [7, 11) is 0. The Morgan fingerprint density at radius 2 is 2.15 bits per heavy atom. The highest BCUT2D eigenvalue weighted by Crippen LogP contribution is 2.37. The number of rotatable bonds is 6. The van der Waals surface area contributed by atoms with Gasteiger partial charge in [0.25, 0.3) is 0 Å². The molecule has 0 bridgehead atoms. The molecule has 1 aliphatic rings. The van der Waals surface area contributed by atoms with Gasteiger partial charge in [0.2, 0.25) is 11.8 Å². The fourth-order valence-corrected chi connectivity index (χ4v) is 2.59. The van der Waals surface area contributed by atoms with Gasteiger partial charge in [-0.25, -0.2) is 4.79 Å². The van der Waals surface area contributed by atoms with Crippen molar-refractivity contribution in [3.8, 4) is 0 Å². The van der Waals surface area contributed by atoms with Crippen molar-refractivity contribution in [2.75, 3.05) is 11.9 Å². The molecule has 20 heavy (non-hydrogen) atoms. The van der Waals surface area contributed by atoms with Crippen molar-refractivity contribution in [2.24, 2.45) is 11.8 Å². The fraction of sp³-hybridized carbons (Fsp3) is 0.462. The van der Waals surface area contributed by atoms with Crippen LogP contribution >= 0.6 is 11.3 Å². The molecule has 3 N–H and O–H groups in total. The van der Waals surface area contributed by atoms with Gasteiger partial charge in [0.05, 0.1) is 5.69 Å². The van der Waals surface area contributed by atoms with E-state index in [2.05, 4.69) is 10.6 Å². The third-order valence-corrected chi connectivity index (χ3v) is 4.13. The van der Waals surface area contributed by atoms with Gasteiger partial charge >= 0.3 is 5.97 Å². The van der Waals surface area contributed by atoms with Crippen molar-refractivity contribution in [1.29, 1.82) is 0 Å². The molecule has 0 spiro atoms. The number of aromatic carboxylic acids is 1. The zero-order valence-electron chi connectivity index (χ0n) is 11.0. The Balaban J connectivity index is 1.74. The Labute approximate surface area is 120 Å². The first kappa shape index (κ1) is 14.5. The molecule has 0 saturated heterocycles. The van der Waals surface area contributed by atoms with E-state index in [0.29, 0.717) is 11.6 Å². The van der Waals surface area contributed by atoms with E-state index >= 15 is 0 Å². The average Bonchev–Trinajstić information content (AvgIpc) is 2.92. The molecule has 1 aromatic heterocycles. The molecular weight excluding hydrogens is 280 g/mol. The monoisotopic (exact) mass is 296 g/mol. The number of carbonyl (C=O) groups excluding carboxylic acids is 2. The van der Waals surface area contributed by atoms with Gasteiger partial charge in [0.15, 0.2) is 0 Å². The van der Waals surface area contributed by atoms with Gasteiger partial charge in [-0.3, -0.25) is 9.59 Å². The molecule has 1 saturated carbocycles. The zero-order valence-corrected chi connectivity index (χ0v) is 11.8. The number of carbonyl (C=O) groups is 3. The van der Waals surface area contributed by atoms with Crippen LogP contribution in [-0.4, -0.2) is 29.4 Å². The summed E-state index contributed by atoms with van der Waals surface area (Å²) in [6, 6.07) is 1.55. The van der Waals surface area contributed by atoms with E-state index in [4.69, 9.17) is 5.11 Å². The molecule has 2 amide bonds. The van der Waals surface area contributed by atoms with Gasteiger partial charge in [0.1, 0.15) is 4.88 Å². The van der Waals surface area contributed by atoms with E-state index in [1.807, 2.05) is 6.92 Å². The van der Waals surface area contributed by atoms with E-state index < -0.39 is 5.97 Å². The minimum Gasteiger partial charge on any atom is -0.477 e. The van der Waals surface area contributed by atoms with E-state index in [0.717, 1.165) is 17.8 Å². The molecule has 2 unspecified atom stereocenters. The first-order valence-corrected chi connectivity index (χ1v) is 7.25. The van der Waals surface area contributed by atoms with Crippen LogP contribution in [0.1, 0.15) is 29.4 Å². The molecule has 108 valence electrons. The topological polar surface area (TPSA) is 95.5 Å². The van der Waals surface area contributed by atoms with Crippen LogP contribution < -0.4 is 10.6 Å². The SMILES string of the molecule is CC1CC1C(=O)NCCC(=O)Nc1ccsc1C(=O)O. The third-order valence-electron chi connectivity index (χ3n) is 3.23. The number of carboxylic acid groups (broad SMARTS) is 1. The third kappa shape index (κ3) is 3.57. The van der Waals surface area contributed by atoms with Crippen molar-refractivity contribution in [2.45, 2.75) is 19.8 Å². The molecule has 0 aromatic carbocycles. The Morgan fingerprint density at radius 1 is 1.45 bits per heavy atom. The van der Waals surface area contributed by atoms with Crippen molar-refractivity contribution in [1.82, 2.24) is 5.32 Å². The van der Waals surface area contributed by atoms with Crippen molar-refractivity contribution < 1.29 is 19.5 Å². The van der Waals surface area contributed by atoms with E-state index in [1.54, 1.807) is 11.4 Å². The maximum atomic E-state index is 11.7. The van der Waals surface area contributed by atoms with E-state index in [-0.39, 0.29) is 35.6 Å². The minimum absolute atomic E-state index is 0.00735. The number of hydrogen-bond donors (Lipinski definition) is 3. The van der Waals surface area contributed by atoms with Crippen LogP contribution in [0.5, 0.6) is 0 Å². The van der Waals surface area contributed by atoms with Crippen LogP contribution in [-0.2, 0) is 9.59 Å². The lowest BCUT2D eigenvalue weighted by Crippen LogP contribution is -2.29. The van der Waals surface area contributed by atoms with Gasteiger partial charge < -0.3 is 15.7 Å². The highest BCUT2D eigenvalue weighted by molar-refractivity contribution is 7.12. The lowest BCUT2D eigenvalue weighted by atomic mass is 10.3. The number of hydrogen-bond acceptors (Lipinski definition) is 4. The molecule has 0 radical (unpaired) electrons. The fourth-order valence-electron chi connectivity index (χ4n) is 1.90. The van der Waals surface area contributed by atoms with Gasteiger partial charge in [-0.05, 0) is 23.8 Å². The minimum atomic E-state index is -1.06. The number of carboxylic acids is 1. The quantitative estimate of drug-likeness (QED) is 0.742. The lowest BCUT2D eigenvalue weighted by Gasteiger charge is -2.06. The molecular formula is C13H16N2O4S. The number of nitrogens with one attached hydrogen (secondary N) is 2. The Morgan fingerprint density at radius 3 is 2.75 bits per heavy atom. The van der Waals surface area contributed by atoms with Gasteiger partial charge in [-0.1, -0.05) is 6.92 Å². The molecule has 1 aromatic rings. The number of anilines is 1. The zero-order chi connectivity index (χ0) is 14.7. The molecule has 1 aliphatic carbocycles. The van der Waals surface area contributed by atoms with Crippen LogP contribution in [0, 0.1) is 11.8 Å². The van der Waals surface area contributed by atoms with Crippen molar-refractivity contribution in [3.05, 3.63) is 16.3 Å². The second-order valence-corrected chi connectivity index (χ2v) is 5.79. The largest absolute Gasteiger partial charge is 0.477 e. The summed E-state index contributed by atoms with van der Waals surface area (Å²) < 4.78 is 0. The molecule has 7 heteroatoms. The molecule has 2 rings (SSSR count). The van der Waals surface area contributed by atoms with Gasteiger partial charge in [-0.2, -0.15) is 0 Å². The first-order valence-electron chi connectivity index (χ1n) is 6.37. The highest BCUT2D eigenvalue weighted by atomic mass is 32.1. The average molecular weight is 296 g/mol. The predicted octanol–water partition coefficient (Wildman–Crippen LogP) is 1.55. The summed E-state index contributed by atoms with van der Waals surface area (Å²) in [4.78, 5) is 34.2. The lowest BCUT2D eigenvalue weighted by molar-refractivity contribution is -0.122. The number of amides is 2. The van der Waals surface area contributed by atoms with Crippen molar-refractivity contribution >= 4 is 34.8 Å². The summed E-state index contributed by atoms with van der Waals surface area (Å²) in [5.41, 5.74) is 0.301. The van der Waals surface area contributed by atoms with Crippen LogP contribution in [0.2, 0.25) is 0 Å². The predicted molar refractivity (Wildman–Crippen MR) is 74.8 cm³/mol. The normalized spacial score (nSPS) is 20.2. The summed E-state index contributed by atoms with van der Waals surface area (Å²) in [6.45, 7) is 2.28. The van der Waals surface area contributed by atoms with Crippen LogP contribution in [0.4, 0.5) is 5.69 Å². The standard InChI is InChI=1S/C13H16N2O4S/c1-7-6-8(7)12(17)14-4-2-10(16)15-9-3-5-20-11(9)13(18)19/h3,5,7-8H,2,4,6H2,1H3,(H,14,17)(H,15,16)(H,18,19). The van der Waals surface area contributed by atoms with Gasteiger partial charge in [-0.15, -0.1) is 11.3 Å². The molecule has 2 atom stereocenters. The van der Waals surface area contributed by atoms with E-state index in [1.165, 1.54) is 0 Å². The molecule has 1 fully saturated rings. The summed E-state index contributed by atoms with van der Waals surface area (Å²) in [6.07, 6.45) is 1.04. The smallest absolute Gasteiger partial charge is 0.348 e. The Kier molecular flexibility index (Phi) is 4.39. The molecule has 6 nitrogen and oxygen atoms in total.